The molecule has 2 aliphatic rings. The summed E-state index contributed by atoms with van der Waals surface area (Å²) in [5.74, 6) is -0.692. The molecular formula is C31H33N3O4. The van der Waals surface area contributed by atoms with E-state index in [1.807, 2.05) is 49.4 Å². The third-order valence-corrected chi connectivity index (χ3v) is 7.23. The van der Waals surface area contributed by atoms with Crippen LogP contribution in [-0.4, -0.2) is 42.7 Å². The van der Waals surface area contributed by atoms with Crippen LogP contribution in [0, 0.1) is 6.92 Å². The van der Waals surface area contributed by atoms with Crippen molar-refractivity contribution in [2.75, 3.05) is 24.5 Å². The number of aliphatic carboxylic acids is 1. The van der Waals surface area contributed by atoms with Gasteiger partial charge in [-0.2, -0.15) is 0 Å². The number of fused-ring (bicyclic) bond motifs is 2. The van der Waals surface area contributed by atoms with Crippen molar-refractivity contribution in [2.45, 2.75) is 38.8 Å². The first-order valence-electron chi connectivity index (χ1n) is 13.1. The second-order valence-electron chi connectivity index (χ2n) is 9.88. The number of carboxylic acids is 1. The Morgan fingerprint density at radius 2 is 1.97 bits per heavy atom. The molecule has 1 aliphatic carbocycles. The SMILES string of the molecule is Cc1ccc(N2CC(CN[C@H](C)c3cccc4c3C=CCC4)Oc3ccccc32)cc1C(=O)NCC(=O)O. The summed E-state index contributed by atoms with van der Waals surface area (Å²) in [6, 6.07) is 20.3. The number of anilines is 2. The minimum absolute atomic E-state index is 0.118. The maximum atomic E-state index is 12.7. The monoisotopic (exact) mass is 511 g/mol. The average molecular weight is 512 g/mol. The number of para-hydroxylation sites is 2. The van der Waals surface area contributed by atoms with Gasteiger partial charge in [-0.05, 0) is 73.2 Å². The van der Waals surface area contributed by atoms with Crippen molar-refractivity contribution in [1.29, 1.82) is 0 Å². The number of carbonyl (C=O) groups excluding carboxylic acids is 1. The van der Waals surface area contributed by atoms with Gasteiger partial charge in [0, 0.05) is 23.8 Å². The molecule has 0 fully saturated rings. The summed E-state index contributed by atoms with van der Waals surface area (Å²) in [5.41, 5.74) is 7.04. The molecule has 1 heterocycles. The van der Waals surface area contributed by atoms with Crippen LogP contribution in [0.25, 0.3) is 6.08 Å². The van der Waals surface area contributed by atoms with Gasteiger partial charge in [-0.15, -0.1) is 0 Å². The van der Waals surface area contributed by atoms with E-state index < -0.39 is 18.4 Å². The maximum absolute atomic E-state index is 12.7. The highest BCUT2D eigenvalue weighted by Gasteiger charge is 2.28. The van der Waals surface area contributed by atoms with Gasteiger partial charge in [-0.25, -0.2) is 0 Å². The van der Waals surface area contributed by atoms with Crippen LogP contribution in [0.5, 0.6) is 5.75 Å². The van der Waals surface area contributed by atoms with Crippen molar-refractivity contribution in [3.8, 4) is 5.75 Å². The predicted molar refractivity (Wildman–Crippen MR) is 149 cm³/mol. The predicted octanol–water partition coefficient (Wildman–Crippen LogP) is 5.02. The molecule has 2 atom stereocenters. The number of benzene rings is 3. The lowest BCUT2D eigenvalue weighted by Gasteiger charge is -2.37. The third-order valence-electron chi connectivity index (χ3n) is 7.23. The lowest BCUT2D eigenvalue weighted by atomic mass is 9.90. The van der Waals surface area contributed by atoms with Crippen molar-refractivity contribution < 1.29 is 19.4 Å². The molecule has 1 amide bonds. The number of ether oxygens (including phenoxy) is 1. The molecule has 1 aliphatic heterocycles. The Kier molecular flexibility index (Phi) is 7.47. The number of carboxylic acid groups (broad SMARTS) is 1. The Morgan fingerprint density at radius 3 is 2.82 bits per heavy atom. The molecule has 0 bridgehead atoms. The van der Waals surface area contributed by atoms with Crippen LogP contribution in [0.1, 0.15) is 52.0 Å². The van der Waals surface area contributed by atoms with Gasteiger partial charge in [-0.3, -0.25) is 9.59 Å². The number of rotatable bonds is 8. The molecule has 0 radical (unpaired) electrons. The molecule has 3 N–H and O–H groups in total. The second-order valence-corrected chi connectivity index (χ2v) is 9.88. The van der Waals surface area contributed by atoms with Gasteiger partial charge in [0.2, 0.25) is 0 Å². The molecule has 0 saturated carbocycles. The summed E-state index contributed by atoms with van der Waals surface area (Å²) in [4.78, 5) is 25.8. The molecule has 5 rings (SSSR count). The Labute approximate surface area is 223 Å². The van der Waals surface area contributed by atoms with Gasteiger partial charge in [0.1, 0.15) is 18.4 Å². The summed E-state index contributed by atoms with van der Waals surface area (Å²) >= 11 is 0. The second kappa shape index (κ2) is 11.1. The van der Waals surface area contributed by atoms with Crippen molar-refractivity contribution >= 4 is 29.3 Å². The van der Waals surface area contributed by atoms with E-state index in [0.29, 0.717) is 18.7 Å². The molecule has 7 nitrogen and oxygen atoms in total. The van der Waals surface area contributed by atoms with Crippen LogP contribution in [0.4, 0.5) is 11.4 Å². The van der Waals surface area contributed by atoms with Gasteiger partial charge in [-0.1, -0.05) is 48.6 Å². The largest absolute Gasteiger partial charge is 0.485 e. The zero-order valence-corrected chi connectivity index (χ0v) is 21.7. The van der Waals surface area contributed by atoms with Gasteiger partial charge in [0.25, 0.3) is 5.91 Å². The van der Waals surface area contributed by atoms with Gasteiger partial charge < -0.3 is 25.4 Å². The molecule has 7 heteroatoms. The first-order valence-corrected chi connectivity index (χ1v) is 13.1. The molecule has 1 unspecified atom stereocenters. The summed E-state index contributed by atoms with van der Waals surface area (Å²) in [6.45, 7) is 4.86. The first-order chi connectivity index (χ1) is 18.4. The fraction of sp³-hybridized carbons (Fsp3) is 0.290. The van der Waals surface area contributed by atoms with Crippen molar-refractivity contribution in [3.63, 3.8) is 0 Å². The zero-order chi connectivity index (χ0) is 26.6. The molecule has 0 spiro atoms. The molecule has 3 aromatic carbocycles. The van der Waals surface area contributed by atoms with Crippen LogP contribution in [0.2, 0.25) is 0 Å². The summed E-state index contributed by atoms with van der Waals surface area (Å²) in [5, 5.41) is 15.1. The molecule has 0 aromatic heterocycles. The Bertz CT molecular complexity index is 1380. The van der Waals surface area contributed by atoms with E-state index in [4.69, 9.17) is 9.84 Å². The Hall–Kier alpha value is -4.10. The van der Waals surface area contributed by atoms with E-state index in [-0.39, 0.29) is 12.1 Å². The molecular weight excluding hydrogens is 478 g/mol. The highest BCUT2D eigenvalue weighted by molar-refractivity contribution is 5.98. The van der Waals surface area contributed by atoms with Gasteiger partial charge in [0.15, 0.2) is 0 Å². The zero-order valence-electron chi connectivity index (χ0n) is 21.7. The van der Waals surface area contributed by atoms with E-state index in [0.717, 1.165) is 35.5 Å². The topological polar surface area (TPSA) is 90.9 Å². The molecule has 38 heavy (non-hydrogen) atoms. The standard InChI is InChI=1S/C31H33N3O4/c1-20-14-15-23(16-27(20)31(37)33-18-30(35)36)34-19-24(38-29-13-6-5-12-28(29)34)17-32-21(2)25-11-7-9-22-8-3-4-10-26(22)25/h4-7,9-16,21,24,32H,3,8,17-19H2,1-2H3,(H,33,37)(H,35,36)/t21-,24?/m1/s1. The minimum Gasteiger partial charge on any atom is -0.485 e. The van der Waals surface area contributed by atoms with Crippen molar-refractivity contribution in [2.24, 2.45) is 0 Å². The van der Waals surface area contributed by atoms with Crippen molar-refractivity contribution in [1.82, 2.24) is 10.6 Å². The van der Waals surface area contributed by atoms with E-state index >= 15 is 0 Å². The van der Waals surface area contributed by atoms with Crippen molar-refractivity contribution in [3.05, 3.63) is 94.6 Å². The van der Waals surface area contributed by atoms with E-state index in [1.54, 1.807) is 0 Å². The van der Waals surface area contributed by atoms with Gasteiger partial charge in [0.05, 0.1) is 12.2 Å². The number of carbonyl (C=O) groups is 2. The van der Waals surface area contributed by atoms with E-state index in [1.165, 1.54) is 16.7 Å². The number of hydrogen-bond acceptors (Lipinski definition) is 5. The highest BCUT2D eigenvalue weighted by Crippen LogP contribution is 2.38. The number of hydrogen-bond donors (Lipinski definition) is 3. The number of aryl methyl sites for hydroxylation is 2. The fourth-order valence-electron chi connectivity index (χ4n) is 5.21. The molecule has 3 aromatic rings. The lowest BCUT2D eigenvalue weighted by molar-refractivity contribution is -0.135. The first kappa shape index (κ1) is 25.5. The van der Waals surface area contributed by atoms with Crippen LogP contribution in [0.15, 0.2) is 66.7 Å². The average Bonchev–Trinajstić information content (AvgIpc) is 2.94. The lowest BCUT2D eigenvalue weighted by Crippen LogP contribution is -2.44. The number of nitrogens with zero attached hydrogens (tertiary/aromatic N) is 1. The maximum Gasteiger partial charge on any atom is 0.322 e. The number of allylic oxidation sites excluding steroid dienone is 1. The normalized spacial score (nSPS) is 16.7. The number of nitrogens with one attached hydrogen (secondary N) is 2. The summed E-state index contributed by atoms with van der Waals surface area (Å²) in [6.07, 6.45) is 6.54. The minimum atomic E-state index is -1.08. The number of amides is 1. The smallest absolute Gasteiger partial charge is 0.322 e. The molecule has 196 valence electrons. The third kappa shape index (κ3) is 5.43. The molecule has 0 saturated heterocycles. The Morgan fingerprint density at radius 1 is 1.13 bits per heavy atom. The van der Waals surface area contributed by atoms with Crippen LogP contribution in [-0.2, 0) is 11.2 Å². The summed E-state index contributed by atoms with van der Waals surface area (Å²) < 4.78 is 6.39. The highest BCUT2D eigenvalue weighted by atomic mass is 16.5. The van der Waals surface area contributed by atoms with E-state index in [2.05, 4.69) is 52.8 Å². The fourth-order valence-corrected chi connectivity index (χ4v) is 5.21. The quantitative estimate of drug-likeness (QED) is 0.394. The van der Waals surface area contributed by atoms with Crippen LogP contribution < -0.4 is 20.3 Å². The van der Waals surface area contributed by atoms with Crippen LogP contribution >= 0.6 is 0 Å². The van der Waals surface area contributed by atoms with Crippen LogP contribution in [0.3, 0.4) is 0 Å². The Balaban J connectivity index is 1.35. The van der Waals surface area contributed by atoms with E-state index in [9.17, 15) is 9.59 Å². The summed E-state index contributed by atoms with van der Waals surface area (Å²) in [7, 11) is 0. The van der Waals surface area contributed by atoms with Gasteiger partial charge >= 0.3 is 5.97 Å².